The third-order valence-corrected chi connectivity index (χ3v) is 5.60. The van der Waals surface area contributed by atoms with Crippen LogP contribution < -0.4 is 0 Å². The maximum absolute atomic E-state index is 13.3. The van der Waals surface area contributed by atoms with Crippen molar-refractivity contribution in [3.63, 3.8) is 0 Å². The molecular weight excluding hydrogens is 453 g/mol. The Labute approximate surface area is 193 Å². The van der Waals surface area contributed by atoms with Crippen molar-refractivity contribution >= 4 is 17.7 Å². The van der Waals surface area contributed by atoms with E-state index in [1.807, 2.05) is 0 Å². The third-order valence-electron chi connectivity index (χ3n) is 5.60. The van der Waals surface area contributed by atoms with Gasteiger partial charge in [0.2, 0.25) is 0 Å². The van der Waals surface area contributed by atoms with Gasteiger partial charge < -0.3 is 18.6 Å². The standard InChI is InChI=1S/C24H23F3N2O5/c1-14-20(15(2)28(3)21(14)23(32)33-4)19(30)13-29(12-18-6-5-11-34-18)22(31)16-7-9-17(10-8-16)24(25,26)27/h5-11H,12-13H2,1-4H3. The number of benzene rings is 1. The van der Waals surface area contributed by atoms with Crippen LogP contribution in [0.4, 0.5) is 13.2 Å². The van der Waals surface area contributed by atoms with Gasteiger partial charge in [-0.1, -0.05) is 0 Å². The zero-order valence-corrected chi connectivity index (χ0v) is 19.0. The minimum absolute atomic E-state index is 0.0101. The van der Waals surface area contributed by atoms with E-state index in [4.69, 9.17) is 9.15 Å². The normalized spacial score (nSPS) is 11.4. The van der Waals surface area contributed by atoms with Crippen LogP contribution in [-0.4, -0.2) is 40.8 Å². The summed E-state index contributed by atoms with van der Waals surface area (Å²) in [7, 11) is 2.86. The second-order valence-corrected chi connectivity index (χ2v) is 7.72. The fraction of sp³-hybridized carbons (Fsp3) is 0.292. The minimum atomic E-state index is -4.54. The maximum atomic E-state index is 13.3. The van der Waals surface area contributed by atoms with Gasteiger partial charge in [-0.15, -0.1) is 0 Å². The molecule has 10 heteroatoms. The first-order chi connectivity index (χ1) is 16.0. The number of aromatic nitrogens is 1. The molecule has 1 amide bonds. The first-order valence-corrected chi connectivity index (χ1v) is 10.2. The number of amides is 1. The van der Waals surface area contributed by atoms with E-state index in [1.165, 1.54) is 18.3 Å². The van der Waals surface area contributed by atoms with Gasteiger partial charge >= 0.3 is 12.1 Å². The lowest BCUT2D eigenvalue weighted by Gasteiger charge is -2.21. The number of hydrogen-bond acceptors (Lipinski definition) is 5. The number of Topliss-reactive ketones (excluding diaryl/α,β-unsaturated/α-hetero) is 1. The number of carbonyl (C=O) groups excluding carboxylic acids is 3. The summed E-state index contributed by atoms with van der Waals surface area (Å²) in [6.07, 6.45) is -3.13. The number of rotatable bonds is 7. The quantitative estimate of drug-likeness (QED) is 0.369. The molecule has 0 fully saturated rings. The van der Waals surface area contributed by atoms with Crippen LogP contribution in [0.25, 0.3) is 0 Å². The molecule has 0 N–H and O–H groups in total. The predicted molar refractivity (Wildman–Crippen MR) is 115 cm³/mol. The predicted octanol–water partition coefficient (Wildman–Crippen LogP) is 4.57. The van der Waals surface area contributed by atoms with Gasteiger partial charge in [-0.05, 0) is 55.8 Å². The van der Waals surface area contributed by atoms with Crippen LogP contribution in [0, 0.1) is 13.8 Å². The Morgan fingerprint density at radius 3 is 2.26 bits per heavy atom. The van der Waals surface area contributed by atoms with Gasteiger partial charge in [0, 0.05) is 23.9 Å². The SMILES string of the molecule is COC(=O)c1c(C)c(C(=O)CN(Cc2ccco2)C(=O)c2ccc(C(F)(F)F)cc2)c(C)n1C. The summed E-state index contributed by atoms with van der Waals surface area (Å²) in [6, 6.07) is 7.00. The summed E-state index contributed by atoms with van der Waals surface area (Å²) in [6.45, 7) is 2.82. The largest absolute Gasteiger partial charge is 0.467 e. The van der Waals surface area contributed by atoms with E-state index in [9.17, 15) is 27.6 Å². The first-order valence-electron chi connectivity index (χ1n) is 10.2. The average Bonchev–Trinajstić information content (AvgIpc) is 3.38. The number of halogens is 3. The lowest BCUT2D eigenvalue weighted by atomic mass is 10.0. The molecule has 2 heterocycles. The van der Waals surface area contributed by atoms with E-state index in [0.29, 0.717) is 17.0 Å². The van der Waals surface area contributed by atoms with Crippen molar-refractivity contribution < 1.29 is 36.7 Å². The average molecular weight is 476 g/mol. The summed E-state index contributed by atoms with van der Waals surface area (Å²) < 4.78 is 50.3. The summed E-state index contributed by atoms with van der Waals surface area (Å²) in [4.78, 5) is 39.8. The highest BCUT2D eigenvalue weighted by atomic mass is 19.4. The summed E-state index contributed by atoms with van der Waals surface area (Å²) in [5.74, 6) is -1.29. The highest BCUT2D eigenvalue weighted by molar-refractivity contribution is 6.06. The second kappa shape index (κ2) is 9.58. The van der Waals surface area contributed by atoms with Crippen molar-refractivity contribution in [3.05, 3.63) is 82.1 Å². The molecule has 180 valence electrons. The van der Waals surface area contributed by atoms with Crippen LogP contribution in [-0.2, 0) is 24.5 Å². The van der Waals surface area contributed by atoms with E-state index in [-0.39, 0.29) is 29.9 Å². The molecule has 1 aromatic carbocycles. The van der Waals surface area contributed by atoms with Gasteiger partial charge in [0.1, 0.15) is 11.5 Å². The van der Waals surface area contributed by atoms with Crippen molar-refractivity contribution in [2.45, 2.75) is 26.6 Å². The van der Waals surface area contributed by atoms with Gasteiger partial charge in [-0.2, -0.15) is 13.2 Å². The maximum Gasteiger partial charge on any atom is 0.416 e. The number of hydrogen-bond donors (Lipinski definition) is 0. The number of carbonyl (C=O) groups is 3. The Hall–Kier alpha value is -3.82. The number of ketones is 1. The molecule has 0 spiro atoms. The van der Waals surface area contributed by atoms with E-state index in [0.717, 1.165) is 24.3 Å². The van der Waals surface area contributed by atoms with Crippen LogP contribution in [0.3, 0.4) is 0 Å². The monoisotopic (exact) mass is 476 g/mol. The van der Waals surface area contributed by atoms with Gasteiger partial charge in [0.25, 0.3) is 5.91 Å². The molecule has 3 rings (SSSR count). The van der Waals surface area contributed by atoms with Crippen molar-refractivity contribution in [3.8, 4) is 0 Å². The lowest BCUT2D eigenvalue weighted by Crippen LogP contribution is -2.35. The molecule has 0 saturated carbocycles. The summed E-state index contributed by atoms with van der Waals surface area (Å²) in [5, 5.41) is 0. The number of nitrogens with zero attached hydrogens (tertiary/aromatic N) is 2. The van der Waals surface area contributed by atoms with E-state index in [2.05, 4.69) is 0 Å². The molecule has 0 atom stereocenters. The highest BCUT2D eigenvalue weighted by Gasteiger charge is 2.31. The molecule has 2 aromatic heterocycles. The Balaban J connectivity index is 1.94. The number of ether oxygens (including phenoxy) is 1. The van der Waals surface area contributed by atoms with E-state index in [1.54, 1.807) is 37.6 Å². The first kappa shape index (κ1) is 24.8. The van der Waals surface area contributed by atoms with E-state index >= 15 is 0 Å². The molecule has 34 heavy (non-hydrogen) atoms. The Morgan fingerprint density at radius 1 is 1.09 bits per heavy atom. The van der Waals surface area contributed by atoms with Crippen LogP contribution in [0.1, 0.15) is 53.8 Å². The van der Waals surface area contributed by atoms with Crippen molar-refractivity contribution in [1.82, 2.24) is 9.47 Å². The van der Waals surface area contributed by atoms with Gasteiger partial charge in [-0.3, -0.25) is 9.59 Å². The van der Waals surface area contributed by atoms with Crippen molar-refractivity contribution in [2.24, 2.45) is 7.05 Å². The van der Waals surface area contributed by atoms with E-state index < -0.39 is 29.4 Å². The molecule has 3 aromatic rings. The van der Waals surface area contributed by atoms with Crippen LogP contribution in [0.15, 0.2) is 47.1 Å². The fourth-order valence-corrected chi connectivity index (χ4v) is 3.80. The molecule has 0 bridgehead atoms. The van der Waals surface area contributed by atoms with Gasteiger partial charge in [-0.25, -0.2) is 4.79 Å². The molecular formula is C24H23F3N2O5. The second-order valence-electron chi connectivity index (χ2n) is 7.72. The summed E-state index contributed by atoms with van der Waals surface area (Å²) in [5.41, 5.74) is 0.523. The highest BCUT2D eigenvalue weighted by Crippen LogP contribution is 2.29. The van der Waals surface area contributed by atoms with Crippen LogP contribution >= 0.6 is 0 Å². The lowest BCUT2D eigenvalue weighted by molar-refractivity contribution is -0.137. The molecule has 7 nitrogen and oxygen atoms in total. The summed E-state index contributed by atoms with van der Waals surface area (Å²) >= 11 is 0. The molecule has 0 aliphatic carbocycles. The van der Waals surface area contributed by atoms with Gasteiger partial charge in [0.15, 0.2) is 5.78 Å². The smallest absolute Gasteiger partial charge is 0.416 e. The van der Waals surface area contributed by atoms with Crippen LogP contribution in [0.5, 0.6) is 0 Å². The topological polar surface area (TPSA) is 81.8 Å². The van der Waals surface area contributed by atoms with Crippen LogP contribution in [0.2, 0.25) is 0 Å². The molecule has 0 aliphatic rings. The zero-order chi connectivity index (χ0) is 25.2. The molecule has 0 unspecified atom stereocenters. The van der Waals surface area contributed by atoms with Gasteiger partial charge in [0.05, 0.1) is 32.0 Å². The minimum Gasteiger partial charge on any atom is -0.467 e. The number of methoxy groups -OCH3 is 1. The molecule has 0 radical (unpaired) electrons. The van der Waals surface area contributed by atoms with Crippen molar-refractivity contribution in [2.75, 3.05) is 13.7 Å². The Morgan fingerprint density at radius 2 is 1.74 bits per heavy atom. The molecule has 0 saturated heterocycles. The Bertz CT molecular complexity index is 1210. The fourth-order valence-electron chi connectivity index (χ4n) is 3.80. The third kappa shape index (κ3) is 4.90. The number of esters is 1. The number of alkyl halides is 3. The van der Waals surface area contributed by atoms with Crippen molar-refractivity contribution in [1.29, 1.82) is 0 Å². The Kier molecular flexibility index (Phi) is 6.99. The number of furan rings is 1. The molecule has 0 aliphatic heterocycles. The zero-order valence-electron chi connectivity index (χ0n) is 19.0.